The van der Waals surface area contributed by atoms with Crippen LogP contribution in [0.15, 0.2) is 28.7 Å². The van der Waals surface area contributed by atoms with Crippen LogP contribution in [-0.2, 0) is 19.4 Å². The van der Waals surface area contributed by atoms with Crippen molar-refractivity contribution in [3.63, 3.8) is 0 Å². The fourth-order valence-corrected chi connectivity index (χ4v) is 4.96. The number of ether oxygens (including phenoxy) is 1. The molecule has 0 saturated carbocycles. The lowest BCUT2D eigenvalue weighted by Crippen LogP contribution is -2.44. The van der Waals surface area contributed by atoms with Gasteiger partial charge in [-0.1, -0.05) is 18.2 Å². The number of nitrogens with zero attached hydrogens (tertiary/aromatic N) is 1. The van der Waals surface area contributed by atoms with Gasteiger partial charge in [0.25, 0.3) is 5.91 Å². The van der Waals surface area contributed by atoms with Crippen molar-refractivity contribution >= 4 is 32.7 Å². The molecule has 26 heavy (non-hydrogen) atoms. The average molecular weight is 379 g/mol. The molecule has 7 nitrogen and oxygen atoms in total. The summed E-state index contributed by atoms with van der Waals surface area (Å²) in [5.74, 6) is -1.07. The van der Waals surface area contributed by atoms with Gasteiger partial charge in [-0.3, -0.25) is 4.79 Å². The van der Waals surface area contributed by atoms with Crippen LogP contribution in [0.2, 0.25) is 0 Å². The Kier molecular flexibility index (Phi) is 4.79. The molecule has 0 N–H and O–H groups in total. The molecule has 2 heterocycles. The normalized spacial score (nSPS) is 20.0. The Bertz CT molecular complexity index is 961. The number of carbonyl (C=O) groups excluding carboxylic acids is 2. The van der Waals surface area contributed by atoms with Crippen molar-refractivity contribution in [1.29, 1.82) is 0 Å². The number of rotatable bonds is 4. The summed E-state index contributed by atoms with van der Waals surface area (Å²) in [5.41, 5.74) is 1.23. The molecule has 1 amide bonds. The van der Waals surface area contributed by atoms with Gasteiger partial charge in [0.2, 0.25) is 5.76 Å². The molecule has 2 atom stereocenters. The summed E-state index contributed by atoms with van der Waals surface area (Å²) in [6.07, 6.45) is -0.642. The average Bonchev–Trinajstić information content (AvgIpc) is 3.13. The molecular formula is C18H21NO6S. The number of likely N-dealkylation sites (N-methyl/N-ethyl adjacent to an activating group) is 1. The number of fused-ring (bicyclic) bond motifs is 1. The molecule has 1 aliphatic rings. The van der Waals surface area contributed by atoms with Crippen molar-refractivity contribution < 1.29 is 27.2 Å². The zero-order valence-electron chi connectivity index (χ0n) is 14.9. The monoisotopic (exact) mass is 379 g/mol. The summed E-state index contributed by atoms with van der Waals surface area (Å²) in [4.78, 5) is 26.3. The number of carbonyl (C=O) groups is 2. The van der Waals surface area contributed by atoms with Gasteiger partial charge >= 0.3 is 5.97 Å². The minimum Gasteiger partial charge on any atom is -0.449 e. The Morgan fingerprint density at radius 1 is 1.31 bits per heavy atom. The van der Waals surface area contributed by atoms with E-state index in [-0.39, 0.29) is 23.3 Å². The van der Waals surface area contributed by atoms with E-state index in [9.17, 15) is 18.0 Å². The minimum absolute atomic E-state index is 0.0570. The predicted molar refractivity (Wildman–Crippen MR) is 95.7 cm³/mol. The van der Waals surface area contributed by atoms with Gasteiger partial charge in [-0.15, -0.1) is 0 Å². The fourth-order valence-electron chi connectivity index (χ4n) is 3.18. The molecule has 3 rings (SSSR count). The summed E-state index contributed by atoms with van der Waals surface area (Å²) in [7, 11) is -1.57. The summed E-state index contributed by atoms with van der Waals surface area (Å²) < 4.78 is 34.0. The first kappa shape index (κ1) is 18.4. The SMILES string of the molecule is Cc1c(C(=O)O[C@H](C)C(=O)N(C)[C@H]2CCS(=O)(=O)C2)oc2ccccc12. The fraction of sp³-hybridized carbons (Fsp3) is 0.444. The highest BCUT2D eigenvalue weighted by Crippen LogP contribution is 2.26. The van der Waals surface area contributed by atoms with Gasteiger partial charge in [0.1, 0.15) is 5.58 Å². The topological polar surface area (TPSA) is 93.9 Å². The highest BCUT2D eigenvalue weighted by atomic mass is 32.2. The number of benzene rings is 1. The maximum absolute atomic E-state index is 12.5. The molecule has 0 radical (unpaired) electrons. The third-order valence-corrected chi connectivity index (χ3v) is 6.51. The van der Waals surface area contributed by atoms with E-state index >= 15 is 0 Å². The third kappa shape index (κ3) is 3.46. The third-order valence-electron chi connectivity index (χ3n) is 4.76. The summed E-state index contributed by atoms with van der Waals surface area (Å²) in [6, 6.07) is 6.85. The zero-order valence-corrected chi connectivity index (χ0v) is 15.7. The van der Waals surface area contributed by atoms with Gasteiger partial charge < -0.3 is 14.1 Å². The highest BCUT2D eigenvalue weighted by molar-refractivity contribution is 7.91. The number of aryl methyl sites for hydroxylation is 1. The molecule has 0 unspecified atom stereocenters. The van der Waals surface area contributed by atoms with Gasteiger partial charge in [-0.25, -0.2) is 13.2 Å². The van der Waals surface area contributed by atoms with E-state index in [0.29, 0.717) is 17.6 Å². The lowest BCUT2D eigenvalue weighted by molar-refractivity contribution is -0.140. The maximum Gasteiger partial charge on any atom is 0.375 e. The van der Waals surface area contributed by atoms with E-state index in [1.807, 2.05) is 12.1 Å². The van der Waals surface area contributed by atoms with Crippen LogP contribution >= 0.6 is 0 Å². The summed E-state index contributed by atoms with van der Waals surface area (Å²) >= 11 is 0. The molecule has 1 aromatic carbocycles. The number of amides is 1. The van der Waals surface area contributed by atoms with Crippen molar-refractivity contribution in [3.05, 3.63) is 35.6 Å². The molecule has 1 aromatic heterocycles. The van der Waals surface area contributed by atoms with Crippen LogP contribution in [0.25, 0.3) is 11.0 Å². The van der Waals surface area contributed by atoms with E-state index < -0.39 is 27.8 Å². The molecule has 1 aliphatic heterocycles. The number of furan rings is 1. The number of sulfone groups is 1. The van der Waals surface area contributed by atoms with Crippen molar-refractivity contribution in [2.45, 2.75) is 32.4 Å². The van der Waals surface area contributed by atoms with Gasteiger partial charge in [-0.05, 0) is 26.3 Å². The molecule has 0 bridgehead atoms. The van der Waals surface area contributed by atoms with E-state index in [1.165, 1.54) is 18.9 Å². The van der Waals surface area contributed by atoms with Crippen LogP contribution in [0.3, 0.4) is 0 Å². The molecule has 140 valence electrons. The second kappa shape index (κ2) is 6.75. The van der Waals surface area contributed by atoms with E-state index in [1.54, 1.807) is 19.1 Å². The quantitative estimate of drug-likeness (QED) is 0.754. The van der Waals surface area contributed by atoms with Crippen LogP contribution < -0.4 is 0 Å². The second-order valence-corrected chi connectivity index (χ2v) is 8.83. The van der Waals surface area contributed by atoms with E-state index in [2.05, 4.69) is 0 Å². The van der Waals surface area contributed by atoms with E-state index in [0.717, 1.165) is 5.39 Å². The van der Waals surface area contributed by atoms with Crippen LogP contribution in [-0.4, -0.2) is 55.9 Å². The van der Waals surface area contributed by atoms with E-state index in [4.69, 9.17) is 9.15 Å². The zero-order chi connectivity index (χ0) is 19.1. The largest absolute Gasteiger partial charge is 0.449 e. The van der Waals surface area contributed by atoms with Crippen molar-refractivity contribution in [1.82, 2.24) is 4.90 Å². The lowest BCUT2D eigenvalue weighted by Gasteiger charge is -2.26. The van der Waals surface area contributed by atoms with Gasteiger partial charge in [0, 0.05) is 24.0 Å². The molecule has 1 saturated heterocycles. The number of hydrogen-bond acceptors (Lipinski definition) is 6. The predicted octanol–water partition coefficient (Wildman–Crippen LogP) is 1.93. The first-order valence-electron chi connectivity index (χ1n) is 8.36. The Hall–Kier alpha value is -2.35. The van der Waals surface area contributed by atoms with Crippen molar-refractivity contribution in [2.75, 3.05) is 18.6 Å². The number of hydrogen-bond donors (Lipinski definition) is 0. The standard InChI is InChI=1S/C18H21NO6S/c1-11-14-6-4-5-7-15(14)25-16(11)18(21)24-12(2)17(20)19(3)13-8-9-26(22,23)10-13/h4-7,12-13H,8-10H2,1-3H3/t12-,13+/m1/s1. The van der Waals surface area contributed by atoms with Gasteiger partial charge in [-0.2, -0.15) is 0 Å². The van der Waals surface area contributed by atoms with Crippen molar-refractivity contribution in [3.8, 4) is 0 Å². The van der Waals surface area contributed by atoms with Crippen LogP contribution in [0.5, 0.6) is 0 Å². The molecular weight excluding hydrogens is 358 g/mol. The Morgan fingerprint density at radius 3 is 2.62 bits per heavy atom. The molecule has 0 spiro atoms. The summed E-state index contributed by atoms with van der Waals surface area (Å²) in [5, 5.41) is 0.812. The van der Waals surface area contributed by atoms with Gasteiger partial charge in [0.15, 0.2) is 15.9 Å². The van der Waals surface area contributed by atoms with Crippen LogP contribution in [0, 0.1) is 6.92 Å². The molecule has 0 aliphatic carbocycles. The molecule has 1 fully saturated rings. The maximum atomic E-state index is 12.5. The lowest BCUT2D eigenvalue weighted by atomic mass is 10.1. The number of esters is 1. The first-order chi connectivity index (χ1) is 12.2. The number of para-hydroxylation sites is 1. The molecule has 2 aromatic rings. The summed E-state index contributed by atoms with van der Waals surface area (Å²) in [6.45, 7) is 3.22. The van der Waals surface area contributed by atoms with Gasteiger partial charge in [0.05, 0.1) is 11.5 Å². The Labute approximate surface area is 151 Å². The Morgan fingerprint density at radius 2 is 2.00 bits per heavy atom. The first-order valence-corrected chi connectivity index (χ1v) is 10.2. The van der Waals surface area contributed by atoms with Crippen LogP contribution in [0.4, 0.5) is 0 Å². The van der Waals surface area contributed by atoms with Crippen LogP contribution in [0.1, 0.15) is 29.5 Å². The highest BCUT2D eigenvalue weighted by Gasteiger charge is 2.35. The second-order valence-electron chi connectivity index (χ2n) is 6.61. The van der Waals surface area contributed by atoms with Crippen molar-refractivity contribution in [2.24, 2.45) is 0 Å². The molecule has 8 heteroatoms. The minimum atomic E-state index is -3.10. The smallest absolute Gasteiger partial charge is 0.375 e. The Balaban J connectivity index is 1.70.